The lowest BCUT2D eigenvalue weighted by molar-refractivity contribution is -0.136. The summed E-state index contributed by atoms with van der Waals surface area (Å²) in [5.74, 6) is -2.57. The number of carbonyl (C=O) groups is 2. The Balaban J connectivity index is 1.67. The molecule has 31 heavy (non-hydrogen) atoms. The van der Waals surface area contributed by atoms with Gasteiger partial charge in [-0.3, -0.25) is 4.79 Å². The molecule has 0 unspecified atom stereocenters. The van der Waals surface area contributed by atoms with E-state index in [2.05, 4.69) is 16.4 Å². The second-order valence-electron chi connectivity index (χ2n) is 7.68. The molecule has 0 radical (unpaired) electrons. The molecule has 2 amide bonds. The highest BCUT2D eigenvalue weighted by Gasteiger charge is 2.35. The normalized spacial score (nSPS) is 21.6. The number of nitrogens with one attached hydrogen (secondary N) is 1. The van der Waals surface area contributed by atoms with E-state index in [0.29, 0.717) is 0 Å². The minimum atomic E-state index is -1.40. The van der Waals surface area contributed by atoms with Gasteiger partial charge in [0.15, 0.2) is 11.6 Å². The molecule has 2 atom stereocenters. The molecule has 0 bridgehead atoms. The van der Waals surface area contributed by atoms with Gasteiger partial charge in [-0.15, -0.1) is 0 Å². The smallest absolute Gasteiger partial charge is 0.405 e. The summed E-state index contributed by atoms with van der Waals surface area (Å²) in [5.41, 5.74) is 0.301. The molecule has 0 saturated carbocycles. The van der Waals surface area contributed by atoms with Crippen LogP contribution in [0, 0.1) is 28.9 Å². The van der Waals surface area contributed by atoms with Crippen LogP contribution < -0.4 is 10.2 Å². The van der Waals surface area contributed by atoms with Crippen LogP contribution in [0.25, 0.3) is 11.0 Å². The largest absolute Gasteiger partial charge is 0.465 e. The maximum Gasteiger partial charge on any atom is 0.405 e. The lowest BCUT2D eigenvalue weighted by Gasteiger charge is -2.37. The molecule has 1 aromatic carbocycles. The van der Waals surface area contributed by atoms with Crippen LogP contribution >= 0.6 is 0 Å². The predicted molar refractivity (Wildman–Crippen MR) is 102 cm³/mol. The number of anilines is 1. The number of nitriles is 1. The average molecular weight is 436 g/mol. The van der Waals surface area contributed by atoms with Gasteiger partial charge >= 0.3 is 6.09 Å². The van der Waals surface area contributed by atoms with Gasteiger partial charge in [0.1, 0.15) is 12.7 Å². The first-order valence-corrected chi connectivity index (χ1v) is 9.68. The Morgan fingerprint density at radius 2 is 1.97 bits per heavy atom. The summed E-state index contributed by atoms with van der Waals surface area (Å²) in [5, 5.41) is 20.0. The minimum Gasteiger partial charge on any atom is -0.465 e. The number of benzene rings is 1. The molecule has 2 aliphatic rings. The van der Waals surface area contributed by atoms with Crippen LogP contribution in [-0.4, -0.2) is 70.0 Å². The van der Waals surface area contributed by atoms with Crippen molar-refractivity contribution < 1.29 is 27.9 Å². The quantitative estimate of drug-likeness (QED) is 0.751. The van der Waals surface area contributed by atoms with Crippen LogP contribution in [0.4, 0.5) is 23.9 Å². The number of imidazole rings is 1. The Kier molecular flexibility index (Phi) is 5.34. The molecule has 2 fully saturated rings. The van der Waals surface area contributed by atoms with E-state index in [9.17, 15) is 22.8 Å². The first kappa shape index (κ1) is 20.8. The molecule has 2 aliphatic heterocycles. The molecule has 4 rings (SSSR count). The highest BCUT2D eigenvalue weighted by atomic mass is 19.2. The zero-order valence-electron chi connectivity index (χ0n) is 16.3. The zero-order chi connectivity index (χ0) is 22.3. The van der Waals surface area contributed by atoms with Crippen molar-refractivity contribution in [1.82, 2.24) is 19.8 Å². The zero-order valence-corrected chi connectivity index (χ0v) is 16.3. The van der Waals surface area contributed by atoms with Crippen molar-refractivity contribution in [2.75, 3.05) is 31.1 Å². The van der Waals surface area contributed by atoms with Crippen molar-refractivity contribution in [3.8, 4) is 6.07 Å². The SMILES string of the molecule is N#CC1CN(C(=O)Cn2c(N3CC[C@@H](F)[C@H](NC(=O)O)C3)nc3cc(F)c(F)cc32)C1. The molecule has 164 valence electrons. The van der Waals surface area contributed by atoms with Crippen molar-refractivity contribution in [3.63, 3.8) is 0 Å². The molecule has 0 spiro atoms. The number of halogens is 3. The summed E-state index contributed by atoms with van der Waals surface area (Å²) in [6.07, 6.45) is -2.75. The van der Waals surface area contributed by atoms with E-state index in [1.165, 1.54) is 9.47 Å². The predicted octanol–water partition coefficient (Wildman–Crippen LogP) is 1.48. The Hall–Kier alpha value is -3.49. The molecule has 0 aliphatic carbocycles. The van der Waals surface area contributed by atoms with Crippen LogP contribution in [0.5, 0.6) is 0 Å². The maximum absolute atomic E-state index is 14.2. The van der Waals surface area contributed by atoms with E-state index in [1.54, 1.807) is 4.90 Å². The highest BCUT2D eigenvalue weighted by molar-refractivity contribution is 5.84. The molecular formula is C19H19F3N6O3. The highest BCUT2D eigenvalue weighted by Crippen LogP contribution is 2.28. The number of hydrogen-bond acceptors (Lipinski definition) is 5. The third kappa shape index (κ3) is 3.95. The van der Waals surface area contributed by atoms with Crippen molar-refractivity contribution in [2.24, 2.45) is 5.92 Å². The number of aromatic nitrogens is 2. The number of hydrogen-bond donors (Lipinski definition) is 2. The Morgan fingerprint density at radius 1 is 1.26 bits per heavy atom. The number of carboxylic acid groups (broad SMARTS) is 1. The first-order chi connectivity index (χ1) is 14.8. The van der Waals surface area contributed by atoms with Crippen molar-refractivity contribution in [1.29, 1.82) is 5.26 Å². The Labute approximate surface area is 174 Å². The number of alkyl halides is 1. The van der Waals surface area contributed by atoms with Gasteiger partial charge in [0.2, 0.25) is 11.9 Å². The van der Waals surface area contributed by atoms with E-state index < -0.39 is 29.9 Å². The van der Waals surface area contributed by atoms with Gasteiger partial charge in [0.05, 0.1) is 29.1 Å². The van der Waals surface area contributed by atoms with Gasteiger partial charge in [-0.2, -0.15) is 5.26 Å². The second kappa shape index (κ2) is 7.98. The van der Waals surface area contributed by atoms with Gasteiger partial charge in [0.25, 0.3) is 0 Å². The Bertz CT molecular complexity index is 1080. The minimum absolute atomic E-state index is 0.0147. The fourth-order valence-corrected chi connectivity index (χ4v) is 3.90. The number of piperidine rings is 1. The fraction of sp³-hybridized carbons (Fsp3) is 0.474. The van der Waals surface area contributed by atoms with Crippen LogP contribution in [-0.2, 0) is 11.3 Å². The second-order valence-corrected chi connectivity index (χ2v) is 7.68. The summed E-state index contributed by atoms with van der Waals surface area (Å²) in [4.78, 5) is 31.0. The third-order valence-electron chi connectivity index (χ3n) is 5.60. The van der Waals surface area contributed by atoms with E-state index in [1.807, 2.05) is 0 Å². The molecule has 9 nitrogen and oxygen atoms in total. The summed E-state index contributed by atoms with van der Waals surface area (Å²) in [6.45, 7) is 0.468. The van der Waals surface area contributed by atoms with Gasteiger partial charge in [-0.25, -0.2) is 22.9 Å². The number of likely N-dealkylation sites (tertiary alicyclic amines) is 1. The van der Waals surface area contributed by atoms with E-state index in [4.69, 9.17) is 10.4 Å². The molecule has 2 saturated heterocycles. The molecule has 2 aromatic rings. The molecular weight excluding hydrogens is 417 g/mol. The molecule has 1 aromatic heterocycles. The van der Waals surface area contributed by atoms with Crippen molar-refractivity contribution in [3.05, 3.63) is 23.8 Å². The van der Waals surface area contributed by atoms with E-state index in [-0.39, 0.29) is 68.0 Å². The number of fused-ring (bicyclic) bond motifs is 1. The average Bonchev–Trinajstić information content (AvgIpc) is 3.00. The van der Waals surface area contributed by atoms with Gasteiger partial charge in [-0.05, 0) is 6.42 Å². The standard InChI is InChI=1S/C19H19F3N6O3/c20-11-1-2-26(8-15(11)25-19(30)31)18-24-14-3-12(21)13(22)4-16(14)28(18)9-17(29)27-6-10(5-23)7-27/h3-4,10-11,15,25H,1-2,6-9H2,(H,30,31)/t11-,15-/m1/s1. The van der Waals surface area contributed by atoms with Crippen LogP contribution in [0.1, 0.15) is 6.42 Å². The fourth-order valence-electron chi connectivity index (χ4n) is 3.90. The van der Waals surface area contributed by atoms with Crippen molar-refractivity contribution >= 4 is 29.0 Å². The number of nitrogens with zero attached hydrogens (tertiary/aromatic N) is 5. The topological polar surface area (TPSA) is 114 Å². The van der Waals surface area contributed by atoms with Gasteiger partial charge in [0, 0.05) is 38.3 Å². The summed E-state index contributed by atoms with van der Waals surface area (Å²) < 4.78 is 43.3. The third-order valence-corrected chi connectivity index (χ3v) is 5.60. The summed E-state index contributed by atoms with van der Waals surface area (Å²) in [7, 11) is 0. The van der Waals surface area contributed by atoms with Gasteiger partial charge in [-0.1, -0.05) is 0 Å². The molecule has 2 N–H and O–H groups in total. The molecule has 3 heterocycles. The lowest BCUT2D eigenvalue weighted by Crippen LogP contribution is -2.54. The van der Waals surface area contributed by atoms with Crippen LogP contribution in [0.2, 0.25) is 0 Å². The lowest BCUT2D eigenvalue weighted by atomic mass is 10.0. The number of amides is 2. The Morgan fingerprint density at radius 3 is 2.65 bits per heavy atom. The van der Waals surface area contributed by atoms with Gasteiger partial charge < -0.3 is 24.8 Å². The molecule has 12 heteroatoms. The number of carbonyl (C=O) groups excluding carboxylic acids is 1. The van der Waals surface area contributed by atoms with E-state index in [0.717, 1.165) is 12.1 Å². The summed E-state index contributed by atoms with van der Waals surface area (Å²) >= 11 is 0. The monoisotopic (exact) mass is 436 g/mol. The van der Waals surface area contributed by atoms with E-state index >= 15 is 0 Å². The maximum atomic E-state index is 14.2. The summed E-state index contributed by atoms with van der Waals surface area (Å²) in [6, 6.07) is 2.91. The van der Waals surface area contributed by atoms with Crippen LogP contribution in [0.3, 0.4) is 0 Å². The first-order valence-electron chi connectivity index (χ1n) is 9.68. The van der Waals surface area contributed by atoms with Crippen LogP contribution in [0.15, 0.2) is 12.1 Å². The number of rotatable bonds is 4. The van der Waals surface area contributed by atoms with Crippen molar-refractivity contribution in [2.45, 2.75) is 25.2 Å².